The fourth-order valence-electron chi connectivity index (χ4n) is 1.75. The van der Waals surface area contributed by atoms with Gasteiger partial charge < -0.3 is 5.11 Å². The van der Waals surface area contributed by atoms with Crippen molar-refractivity contribution in [3.8, 4) is 11.4 Å². The van der Waals surface area contributed by atoms with Crippen LogP contribution in [0, 0.1) is 0 Å². The highest BCUT2D eigenvalue weighted by atomic mass is 79.9. The molecule has 21 heavy (non-hydrogen) atoms. The third kappa shape index (κ3) is 4.18. The van der Waals surface area contributed by atoms with Crippen molar-refractivity contribution in [2.24, 2.45) is 0 Å². The van der Waals surface area contributed by atoms with Crippen molar-refractivity contribution in [2.45, 2.75) is 18.6 Å². The van der Waals surface area contributed by atoms with Crippen LogP contribution < -0.4 is 0 Å². The third-order valence-electron chi connectivity index (χ3n) is 2.57. The van der Waals surface area contributed by atoms with Gasteiger partial charge in [-0.1, -0.05) is 52.0 Å². The summed E-state index contributed by atoms with van der Waals surface area (Å²) in [5.74, 6) is -0.220. The molecule has 1 N–H and O–H groups in total. The largest absolute Gasteiger partial charge is 0.481 e. The summed E-state index contributed by atoms with van der Waals surface area (Å²) in [6, 6.07) is 7.74. The molecular formula is C14H14BrN3O2S. The molecule has 0 saturated carbocycles. The second kappa shape index (κ2) is 6.91. The number of thioether (sulfide) groups is 1. The number of aliphatic carboxylic acids is 1. The van der Waals surface area contributed by atoms with Crippen LogP contribution in [0.1, 0.15) is 6.92 Å². The predicted molar refractivity (Wildman–Crippen MR) is 86.3 cm³/mol. The van der Waals surface area contributed by atoms with Gasteiger partial charge in [-0.2, -0.15) is 0 Å². The summed E-state index contributed by atoms with van der Waals surface area (Å²) in [6.07, 6.45) is 0. The van der Waals surface area contributed by atoms with Gasteiger partial charge in [0.2, 0.25) is 0 Å². The fourth-order valence-corrected chi connectivity index (χ4v) is 2.67. The molecule has 110 valence electrons. The maximum atomic E-state index is 10.7. The molecule has 0 spiro atoms. The number of hydrogen-bond acceptors (Lipinski definition) is 4. The van der Waals surface area contributed by atoms with E-state index in [1.165, 1.54) is 0 Å². The molecule has 0 atom stereocenters. The van der Waals surface area contributed by atoms with Gasteiger partial charge >= 0.3 is 5.97 Å². The van der Waals surface area contributed by atoms with E-state index in [1.54, 1.807) is 0 Å². The molecule has 5 nitrogen and oxygen atoms in total. The summed E-state index contributed by atoms with van der Waals surface area (Å²) in [5.41, 5.74) is 1.87. The summed E-state index contributed by atoms with van der Waals surface area (Å²) in [4.78, 5) is 10.7. The Hall–Kier alpha value is -1.60. The number of aromatic nitrogens is 3. The van der Waals surface area contributed by atoms with Crippen LogP contribution in [0.2, 0.25) is 0 Å². The van der Waals surface area contributed by atoms with E-state index in [1.807, 2.05) is 35.8 Å². The van der Waals surface area contributed by atoms with Gasteiger partial charge in [0.1, 0.15) is 0 Å². The number of hydrogen-bond donors (Lipinski definition) is 1. The Balaban J connectivity index is 2.38. The van der Waals surface area contributed by atoms with E-state index >= 15 is 0 Å². The smallest absolute Gasteiger partial charge is 0.313 e. The van der Waals surface area contributed by atoms with Crippen LogP contribution in [0.15, 0.2) is 46.0 Å². The maximum absolute atomic E-state index is 10.7. The van der Waals surface area contributed by atoms with Crippen LogP contribution in [0.3, 0.4) is 0 Å². The second-order valence-corrected chi connectivity index (χ2v) is 6.40. The second-order valence-electron chi connectivity index (χ2n) is 4.54. The van der Waals surface area contributed by atoms with Crippen molar-refractivity contribution in [3.05, 3.63) is 40.9 Å². The average Bonchev–Trinajstić information content (AvgIpc) is 2.79. The van der Waals surface area contributed by atoms with Crippen LogP contribution in [0.5, 0.6) is 0 Å². The number of nitrogens with zero attached hydrogens (tertiary/aromatic N) is 3. The molecule has 1 heterocycles. The molecule has 0 unspecified atom stereocenters. The van der Waals surface area contributed by atoms with Crippen molar-refractivity contribution in [1.82, 2.24) is 14.8 Å². The molecule has 0 saturated heterocycles. The molecule has 1 aromatic carbocycles. The molecule has 0 fully saturated rings. The van der Waals surface area contributed by atoms with Crippen LogP contribution in [0.4, 0.5) is 0 Å². The van der Waals surface area contributed by atoms with Gasteiger partial charge in [0.15, 0.2) is 11.0 Å². The zero-order valence-corrected chi connectivity index (χ0v) is 13.8. The Morgan fingerprint density at radius 3 is 2.62 bits per heavy atom. The van der Waals surface area contributed by atoms with Gasteiger partial charge in [0, 0.05) is 16.6 Å². The topological polar surface area (TPSA) is 68.0 Å². The first-order valence-electron chi connectivity index (χ1n) is 6.15. The summed E-state index contributed by atoms with van der Waals surface area (Å²) in [7, 11) is 0. The number of allylic oxidation sites excluding steroid dienone is 1. The van der Waals surface area contributed by atoms with Crippen molar-refractivity contribution < 1.29 is 9.90 Å². The normalized spacial score (nSPS) is 10.6. The molecule has 0 radical (unpaired) electrons. The third-order valence-corrected chi connectivity index (χ3v) is 4.05. The van der Waals surface area contributed by atoms with Crippen LogP contribution in [0.25, 0.3) is 11.4 Å². The minimum Gasteiger partial charge on any atom is -0.481 e. The number of benzene rings is 1. The van der Waals surface area contributed by atoms with Crippen LogP contribution in [-0.4, -0.2) is 31.6 Å². The Morgan fingerprint density at radius 1 is 1.38 bits per heavy atom. The molecule has 0 bridgehead atoms. The Labute approximate surface area is 135 Å². The maximum Gasteiger partial charge on any atom is 0.313 e. The van der Waals surface area contributed by atoms with Crippen molar-refractivity contribution in [1.29, 1.82) is 0 Å². The first-order valence-corrected chi connectivity index (χ1v) is 7.93. The predicted octanol–water partition coefficient (Wildman–Crippen LogP) is 3.46. The number of halogens is 1. The van der Waals surface area contributed by atoms with E-state index in [2.05, 4.69) is 32.7 Å². The first kappa shape index (κ1) is 15.8. The number of carbonyl (C=O) groups is 1. The molecule has 0 aliphatic rings. The molecule has 0 amide bonds. The Morgan fingerprint density at radius 2 is 2.05 bits per heavy atom. The summed E-state index contributed by atoms with van der Waals surface area (Å²) in [5, 5.41) is 17.7. The van der Waals surface area contributed by atoms with Crippen LogP contribution in [-0.2, 0) is 11.3 Å². The minimum absolute atomic E-state index is 0.0470. The lowest BCUT2D eigenvalue weighted by atomic mass is 10.2. The monoisotopic (exact) mass is 367 g/mol. The number of carboxylic acid groups (broad SMARTS) is 1. The van der Waals surface area contributed by atoms with Crippen LogP contribution >= 0.6 is 27.7 Å². The summed E-state index contributed by atoms with van der Waals surface area (Å²) >= 11 is 4.55. The SMILES string of the molecule is C=C(C)Cn1c(SCC(=O)O)nnc1-c1ccc(Br)cc1. The Bertz CT molecular complexity index is 667. The van der Waals surface area contributed by atoms with E-state index < -0.39 is 5.97 Å². The van der Waals surface area contributed by atoms with E-state index in [0.717, 1.165) is 27.4 Å². The number of rotatable bonds is 6. The highest BCUT2D eigenvalue weighted by Crippen LogP contribution is 2.25. The zero-order valence-electron chi connectivity index (χ0n) is 11.4. The standard InChI is InChI=1S/C14H14BrN3O2S/c1-9(2)7-18-13(10-3-5-11(15)6-4-10)16-17-14(18)21-8-12(19)20/h3-6H,1,7-8H2,2H3,(H,19,20). The Kier molecular flexibility index (Phi) is 5.19. The highest BCUT2D eigenvalue weighted by molar-refractivity contribution is 9.10. The van der Waals surface area contributed by atoms with Gasteiger partial charge in [-0.15, -0.1) is 10.2 Å². The van der Waals surface area contributed by atoms with E-state index in [-0.39, 0.29) is 5.75 Å². The summed E-state index contributed by atoms with van der Waals surface area (Å²) < 4.78 is 2.87. The first-order chi connectivity index (χ1) is 9.97. The fraction of sp³-hybridized carbons (Fsp3) is 0.214. The van der Waals surface area contributed by atoms with Gasteiger partial charge in [-0.3, -0.25) is 9.36 Å². The number of carboxylic acids is 1. The molecule has 0 aliphatic heterocycles. The molecule has 1 aromatic heterocycles. The summed E-state index contributed by atoms with van der Waals surface area (Å²) in [6.45, 7) is 6.38. The molecule has 2 aromatic rings. The lowest BCUT2D eigenvalue weighted by molar-refractivity contribution is -0.133. The lowest BCUT2D eigenvalue weighted by Gasteiger charge is -2.09. The van der Waals surface area contributed by atoms with Gasteiger partial charge in [-0.05, 0) is 19.1 Å². The van der Waals surface area contributed by atoms with Crippen molar-refractivity contribution in [3.63, 3.8) is 0 Å². The van der Waals surface area contributed by atoms with E-state index in [9.17, 15) is 4.79 Å². The highest BCUT2D eigenvalue weighted by Gasteiger charge is 2.15. The van der Waals surface area contributed by atoms with Crippen molar-refractivity contribution in [2.75, 3.05) is 5.75 Å². The van der Waals surface area contributed by atoms with Gasteiger partial charge in [-0.25, -0.2) is 0 Å². The molecular weight excluding hydrogens is 354 g/mol. The van der Waals surface area contributed by atoms with E-state index in [0.29, 0.717) is 17.5 Å². The lowest BCUT2D eigenvalue weighted by Crippen LogP contribution is -2.05. The minimum atomic E-state index is -0.880. The average molecular weight is 368 g/mol. The van der Waals surface area contributed by atoms with Gasteiger partial charge in [0.05, 0.1) is 5.75 Å². The van der Waals surface area contributed by atoms with Gasteiger partial charge in [0.25, 0.3) is 0 Å². The molecule has 7 heteroatoms. The van der Waals surface area contributed by atoms with Crippen molar-refractivity contribution >= 4 is 33.7 Å². The zero-order chi connectivity index (χ0) is 15.4. The quantitative estimate of drug-likeness (QED) is 0.625. The van der Waals surface area contributed by atoms with E-state index in [4.69, 9.17) is 5.11 Å². The molecule has 0 aliphatic carbocycles. The molecule has 2 rings (SSSR count).